The number of rotatable bonds is 3. The van der Waals surface area contributed by atoms with Gasteiger partial charge in [-0.2, -0.15) is 5.10 Å². The van der Waals surface area contributed by atoms with E-state index in [4.69, 9.17) is 9.72 Å². The van der Waals surface area contributed by atoms with E-state index < -0.39 is 0 Å². The maximum absolute atomic E-state index is 12.6. The Balaban J connectivity index is 1.53. The molecule has 1 N–H and O–H groups in total. The van der Waals surface area contributed by atoms with Crippen molar-refractivity contribution in [2.75, 3.05) is 13.2 Å². The van der Waals surface area contributed by atoms with E-state index in [0.29, 0.717) is 17.0 Å². The topological polar surface area (TPSA) is 85.7 Å². The van der Waals surface area contributed by atoms with Crippen molar-refractivity contribution < 1.29 is 4.74 Å². The molecule has 1 unspecified atom stereocenters. The van der Waals surface area contributed by atoms with E-state index in [1.54, 1.807) is 17.5 Å². The number of nitrogens with one attached hydrogen (secondary N) is 1. The quantitative estimate of drug-likeness (QED) is 0.765. The highest BCUT2D eigenvalue weighted by Crippen LogP contribution is 2.47. The maximum atomic E-state index is 12.6. The minimum Gasteiger partial charge on any atom is -0.381 e. The zero-order valence-corrected chi connectivity index (χ0v) is 15.5. The monoisotopic (exact) mass is 371 g/mol. The Labute approximate surface area is 154 Å². The van der Waals surface area contributed by atoms with E-state index in [-0.39, 0.29) is 17.5 Å². The number of ether oxygens (including phenoxy) is 1. The summed E-state index contributed by atoms with van der Waals surface area (Å²) in [7, 11) is 0. The van der Waals surface area contributed by atoms with Crippen LogP contribution in [-0.4, -0.2) is 37.9 Å². The Morgan fingerprint density at radius 3 is 2.69 bits per heavy atom. The van der Waals surface area contributed by atoms with Gasteiger partial charge in [0.15, 0.2) is 5.65 Å². The SMILES string of the molecule is Cc1nc([C@H]2CCC2c2nc3c(cnn3C3CCOCC3)c(=O)[nH]2)cs1. The Bertz CT molecular complexity index is 1000. The minimum absolute atomic E-state index is 0.0941. The van der Waals surface area contributed by atoms with Gasteiger partial charge in [-0.25, -0.2) is 14.6 Å². The van der Waals surface area contributed by atoms with Crippen LogP contribution in [0.25, 0.3) is 11.0 Å². The lowest BCUT2D eigenvalue weighted by molar-refractivity contribution is 0.0673. The van der Waals surface area contributed by atoms with Crippen LogP contribution < -0.4 is 5.56 Å². The molecule has 0 amide bonds. The first-order valence-corrected chi connectivity index (χ1v) is 10.1. The molecule has 136 valence electrons. The Kier molecular flexibility index (Phi) is 3.90. The third kappa shape index (κ3) is 2.59. The molecule has 0 aromatic carbocycles. The number of thiazole rings is 1. The standard InChI is InChI=1S/C18H21N5O2S/c1-10-20-15(9-26-10)12-2-3-13(12)16-21-17-14(18(24)22-16)8-19-23(17)11-4-6-25-7-5-11/h8-9,11-13H,2-7H2,1H3,(H,21,22,24)/t12-,13?/m0/s1. The van der Waals surface area contributed by atoms with Crippen molar-refractivity contribution in [2.24, 2.45) is 0 Å². The van der Waals surface area contributed by atoms with Crippen LogP contribution in [0.3, 0.4) is 0 Å². The summed E-state index contributed by atoms with van der Waals surface area (Å²) in [5, 5.41) is 8.26. The van der Waals surface area contributed by atoms with Crippen molar-refractivity contribution >= 4 is 22.4 Å². The summed E-state index contributed by atoms with van der Waals surface area (Å²) in [6, 6.07) is 0.252. The second-order valence-corrected chi connectivity index (χ2v) is 8.27. The number of hydrogen-bond donors (Lipinski definition) is 1. The highest BCUT2D eigenvalue weighted by Gasteiger charge is 2.37. The molecule has 7 nitrogen and oxygen atoms in total. The number of aromatic amines is 1. The van der Waals surface area contributed by atoms with E-state index in [0.717, 1.165) is 55.4 Å². The molecule has 1 aliphatic heterocycles. The van der Waals surface area contributed by atoms with Gasteiger partial charge < -0.3 is 9.72 Å². The molecule has 5 rings (SSSR count). The summed E-state index contributed by atoms with van der Waals surface area (Å²) in [6.45, 7) is 3.49. The molecule has 1 aliphatic carbocycles. The van der Waals surface area contributed by atoms with Crippen molar-refractivity contribution in [3.63, 3.8) is 0 Å². The first kappa shape index (κ1) is 16.1. The summed E-state index contributed by atoms with van der Waals surface area (Å²) in [5.41, 5.74) is 1.74. The smallest absolute Gasteiger partial charge is 0.262 e. The zero-order valence-electron chi connectivity index (χ0n) is 14.6. The molecular weight excluding hydrogens is 350 g/mol. The Morgan fingerprint density at radius 1 is 1.19 bits per heavy atom. The summed E-state index contributed by atoms with van der Waals surface area (Å²) < 4.78 is 7.38. The fourth-order valence-corrected chi connectivity index (χ4v) is 4.73. The van der Waals surface area contributed by atoms with Gasteiger partial charge in [0, 0.05) is 30.4 Å². The van der Waals surface area contributed by atoms with Crippen LogP contribution in [0.4, 0.5) is 0 Å². The number of aryl methyl sites for hydroxylation is 1. The first-order valence-electron chi connectivity index (χ1n) is 9.18. The average Bonchev–Trinajstić information content (AvgIpc) is 3.21. The van der Waals surface area contributed by atoms with Crippen molar-refractivity contribution in [2.45, 2.75) is 50.5 Å². The lowest BCUT2D eigenvalue weighted by Gasteiger charge is -2.34. The van der Waals surface area contributed by atoms with Gasteiger partial charge in [0.05, 0.1) is 22.9 Å². The summed E-state index contributed by atoms with van der Waals surface area (Å²) >= 11 is 1.68. The average molecular weight is 371 g/mol. The molecule has 1 saturated heterocycles. The highest BCUT2D eigenvalue weighted by molar-refractivity contribution is 7.09. The molecule has 3 aromatic rings. The van der Waals surface area contributed by atoms with E-state index in [1.807, 2.05) is 11.6 Å². The van der Waals surface area contributed by atoms with Gasteiger partial charge in [0.2, 0.25) is 0 Å². The first-order chi connectivity index (χ1) is 12.7. The largest absolute Gasteiger partial charge is 0.381 e. The summed E-state index contributed by atoms with van der Waals surface area (Å²) in [6.07, 6.45) is 5.58. The molecular formula is C18H21N5O2S. The third-order valence-electron chi connectivity index (χ3n) is 5.66. The number of H-pyrrole nitrogens is 1. The number of aromatic nitrogens is 5. The summed E-state index contributed by atoms with van der Waals surface area (Å²) in [5.74, 6) is 1.35. The van der Waals surface area contributed by atoms with Crippen LogP contribution in [0.2, 0.25) is 0 Å². The van der Waals surface area contributed by atoms with Gasteiger partial charge >= 0.3 is 0 Å². The fourth-order valence-electron chi connectivity index (χ4n) is 4.06. The molecule has 3 aromatic heterocycles. The fraction of sp³-hybridized carbons (Fsp3) is 0.556. The van der Waals surface area contributed by atoms with E-state index >= 15 is 0 Å². The molecule has 0 radical (unpaired) electrons. The van der Waals surface area contributed by atoms with E-state index in [9.17, 15) is 4.79 Å². The normalized spacial score (nSPS) is 24.0. The van der Waals surface area contributed by atoms with Gasteiger partial charge in [-0.05, 0) is 32.6 Å². The van der Waals surface area contributed by atoms with Crippen molar-refractivity contribution in [3.05, 3.63) is 38.5 Å². The van der Waals surface area contributed by atoms with Gasteiger partial charge in [-0.15, -0.1) is 11.3 Å². The van der Waals surface area contributed by atoms with Crippen molar-refractivity contribution in [3.8, 4) is 0 Å². The van der Waals surface area contributed by atoms with Gasteiger partial charge in [-0.1, -0.05) is 0 Å². The minimum atomic E-state index is -0.0941. The molecule has 2 fully saturated rings. The number of hydrogen-bond acceptors (Lipinski definition) is 6. The number of fused-ring (bicyclic) bond motifs is 1. The summed E-state index contributed by atoms with van der Waals surface area (Å²) in [4.78, 5) is 25.1. The van der Waals surface area contributed by atoms with Crippen LogP contribution in [0.15, 0.2) is 16.4 Å². The molecule has 0 bridgehead atoms. The van der Waals surface area contributed by atoms with Crippen LogP contribution >= 0.6 is 11.3 Å². The molecule has 2 atom stereocenters. The molecule has 2 aliphatic rings. The molecule has 8 heteroatoms. The lowest BCUT2D eigenvalue weighted by atomic mass is 9.71. The van der Waals surface area contributed by atoms with Gasteiger partial charge in [0.25, 0.3) is 5.56 Å². The van der Waals surface area contributed by atoms with Crippen LogP contribution in [0, 0.1) is 6.92 Å². The number of nitrogens with zero attached hydrogens (tertiary/aromatic N) is 4. The molecule has 1 saturated carbocycles. The Morgan fingerprint density at radius 2 is 2.00 bits per heavy atom. The van der Waals surface area contributed by atoms with Crippen LogP contribution in [0.5, 0.6) is 0 Å². The second-order valence-electron chi connectivity index (χ2n) is 7.20. The van der Waals surface area contributed by atoms with Crippen molar-refractivity contribution in [1.29, 1.82) is 0 Å². The molecule has 26 heavy (non-hydrogen) atoms. The van der Waals surface area contributed by atoms with E-state index in [2.05, 4.69) is 20.4 Å². The zero-order chi connectivity index (χ0) is 17.7. The molecule has 0 spiro atoms. The predicted molar refractivity (Wildman–Crippen MR) is 98.8 cm³/mol. The molecule has 4 heterocycles. The Hall–Kier alpha value is -2.06. The van der Waals surface area contributed by atoms with Crippen molar-refractivity contribution in [1.82, 2.24) is 24.7 Å². The van der Waals surface area contributed by atoms with Crippen LogP contribution in [-0.2, 0) is 4.74 Å². The van der Waals surface area contributed by atoms with Gasteiger partial charge in [-0.3, -0.25) is 4.79 Å². The predicted octanol–water partition coefficient (Wildman–Crippen LogP) is 2.90. The maximum Gasteiger partial charge on any atom is 0.262 e. The highest BCUT2D eigenvalue weighted by atomic mass is 32.1. The second kappa shape index (κ2) is 6.28. The van der Waals surface area contributed by atoms with Crippen LogP contribution in [0.1, 0.15) is 60.1 Å². The van der Waals surface area contributed by atoms with Gasteiger partial charge in [0.1, 0.15) is 11.2 Å². The van der Waals surface area contributed by atoms with E-state index in [1.165, 1.54) is 0 Å². The lowest BCUT2D eigenvalue weighted by Crippen LogP contribution is -2.27. The third-order valence-corrected chi connectivity index (χ3v) is 6.45.